The lowest BCUT2D eigenvalue weighted by Gasteiger charge is -2.10. The summed E-state index contributed by atoms with van der Waals surface area (Å²) in [5.41, 5.74) is 8.15. The lowest BCUT2D eigenvalue weighted by molar-refractivity contribution is 0.0955. The summed E-state index contributed by atoms with van der Waals surface area (Å²) in [5.74, 6) is -0.762. The van der Waals surface area contributed by atoms with Gasteiger partial charge in [-0.25, -0.2) is 9.82 Å². The maximum Gasteiger partial charge on any atom is 0.271 e. The number of aryl methyl sites for hydroxylation is 2. The van der Waals surface area contributed by atoms with E-state index in [-0.39, 0.29) is 11.7 Å². The van der Waals surface area contributed by atoms with Crippen molar-refractivity contribution >= 4 is 12.1 Å². The number of rotatable bonds is 4. The Hall–Kier alpha value is -3.21. The van der Waals surface area contributed by atoms with E-state index in [2.05, 4.69) is 40.2 Å². The predicted octanol–water partition coefficient (Wildman–Crippen LogP) is 4.31. The van der Waals surface area contributed by atoms with Gasteiger partial charge in [0.1, 0.15) is 5.82 Å². The van der Waals surface area contributed by atoms with E-state index >= 15 is 0 Å². The molecule has 0 aliphatic heterocycles. The SMILES string of the molecule is Cc1cccc(-n2c(C)cc(/C=N\NC(=O)c3ccc(F)cc3)c2C)c1. The summed E-state index contributed by atoms with van der Waals surface area (Å²) in [5, 5.41) is 4.04. The molecular weight excluding hydrogens is 329 g/mol. The molecule has 0 radical (unpaired) electrons. The molecule has 0 spiro atoms. The third kappa shape index (κ3) is 3.72. The number of aromatic nitrogens is 1. The predicted molar refractivity (Wildman–Crippen MR) is 101 cm³/mol. The highest BCUT2D eigenvalue weighted by Crippen LogP contribution is 2.20. The lowest BCUT2D eigenvalue weighted by atomic mass is 10.2. The van der Waals surface area contributed by atoms with Crippen LogP contribution in [0.4, 0.5) is 4.39 Å². The summed E-state index contributed by atoms with van der Waals surface area (Å²) in [7, 11) is 0. The molecule has 0 saturated heterocycles. The Morgan fingerprint density at radius 1 is 1.08 bits per heavy atom. The highest BCUT2D eigenvalue weighted by Gasteiger charge is 2.10. The number of hydrazone groups is 1. The molecule has 0 unspecified atom stereocenters. The number of carbonyl (C=O) groups excluding carboxylic acids is 1. The van der Waals surface area contributed by atoms with Crippen molar-refractivity contribution in [2.75, 3.05) is 0 Å². The molecule has 2 aromatic carbocycles. The normalized spacial score (nSPS) is 11.1. The largest absolute Gasteiger partial charge is 0.318 e. The fraction of sp³-hybridized carbons (Fsp3) is 0.143. The van der Waals surface area contributed by atoms with E-state index in [0.29, 0.717) is 5.56 Å². The molecule has 1 N–H and O–H groups in total. The average molecular weight is 349 g/mol. The number of hydrogen-bond donors (Lipinski definition) is 1. The number of nitrogens with zero attached hydrogens (tertiary/aromatic N) is 2. The number of amides is 1. The second-order valence-electron chi connectivity index (χ2n) is 6.21. The Kier molecular flexibility index (Phi) is 4.98. The Morgan fingerprint density at radius 2 is 1.81 bits per heavy atom. The summed E-state index contributed by atoms with van der Waals surface area (Å²) < 4.78 is 15.1. The Morgan fingerprint density at radius 3 is 2.50 bits per heavy atom. The van der Waals surface area contributed by atoms with Gasteiger partial charge in [-0.15, -0.1) is 0 Å². The zero-order valence-corrected chi connectivity index (χ0v) is 15.0. The standard InChI is InChI=1S/C21H20FN3O/c1-14-5-4-6-20(11-14)25-15(2)12-18(16(25)3)13-23-24-21(26)17-7-9-19(22)10-8-17/h4-13H,1-3H3,(H,24,26)/b23-13-. The van der Waals surface area contributed by atoms with Gasteiger partial charge >= 0.3 is 0 Å². The van der Waals surface area contributed by atoms with Gasteiger partial charge in [0.05, 0.1) is 6.21 Å². The quantitative estimate of drug-likeness (QED) is 0.554. The smallest absolute Gasteiger partial charge is 0.271 e. The molecule has 132 valence electrons. The fourth-order valence-corrected chi connectivity index (χ4v) is 2.91. The molecule has 0 saturated carbocycles. The van der Waals surface area contributed by atoms with Crippen LogP contribution >= 0.6 is 0 Å². The van der Waals surface area contributed by atoms with Crippen molar-refractivity contribution < 1.29 is 9.18 Å². The van der Waals surface area contributed by atoms with Gasteiger partial charge in [0.15, 0.2) is 0 Å². The third-order valence-corrected chi connectivity index (χ3v) is 4.21. The van der Waals surface area contributed by atoms with Gasteiger partial charge in [0, 0.05) is 28.2 Å². The van der Waals surface area contributed by atoms with E-state index in [1.807, 2.05) is 26.0 Å². The first kappa shape index (κ1) is 17.6. The van der Waals surface area contributed by atoms with E-state index in [9.17, 15) is 9.18 Å². The van der Waals surface area contributed by atoms with Crippen LogP contribution in [0.1, 0.15) is 32.9 Å². The van der Waals surface area contributed by atoms with E-state index in [0.717, 1.165) is 22.6 Å². The summed E-state index contributed by atoms with van der Waals surface area (Å²) in [6.45, 7) is 6.10. The van der Waals surface area contributed by atoms with Crippen LogP contribution in [0, 0.1) is 26.6 Å². The lowest BCUT2D eigenvalue weighted by Crippen LogP contribution is -2.17. The molecule has 0 atom stereocenters. The summed E-state index contributed by atoms with van der Waals surface area (Å²) in [6.07, 6.45) is 1.62. The second kappa shape index (κ2) is 7.35. The van der Waals surface area contributed by atoms with Crippen molar-refractivity contribution in [3.05, 3.63) is 88.5 Å². The molecular formula is C21H20FN3O. The van der Waals surface area contributed by atoms with Crippen molar-refractivity contribution in [2.45, 2.75) is 20.8 Å². The van der Waals surface area contributed by atoms with Crippen molar-refractivity contribution in [2.24, 2.45) is 5.10 Å². The molecule has 0 bridgehead atoms. The minimum absolute atomic E-state index is 0.355. The molecule has 0 aliphatic rings. The Bertz CT molecular complexity index is 971. The molecule has 26 heavy (non-hydrogen) atoms. The number of halogens is 1. The molecule has 3 rings (SSSR count). The summed E-state index contributed by atoms with van der Waals surface area (Å²) >= 11 is 0. The highest BCUT2D eigenvalue weighted by atomic mass is 19.1. The van der Waals surface area contributed by atoms with Gasteiger partial charge in [0.25, 0.3) is 5.91 Å². The van der Waals surface area contributed by atoms with Crippen LogP contribution in [0.3, 0.4) is 0 Å². The van der Waals surface area contributed by atoms with Gasteiger partial charge < -0.3 is 4.57 Å². The van der Waals surface area contributed by atoms with Crippen LogP contribution < -0.4 is 5.43 Å². The molecule has 1 aromatic heterocycles. The Labute approximate surface area is 152 Å². The average Bonchev–Trinajstić information content (AvgIpc) is 2.89. The van der Waals surface area contributed by atoms with Crippen LogP contribution in [0.15, 0.2) is 59.7 Å². The van der Waals surface area contributed by atoms with E-state index < -0.39 is 0 Å². The minimum atomic E-state index is -0.381. The summed E-state index contributed by atoms with van der Waals surface area (Å²) in [6, 6.07) is 15.6. The zero-order chi connectivity index (χ0) is 18.7. The van der Waals surface area contributed by atoms with Crippen molar-refractivity contribution in [1.29, 1.82) is 0 Å². The number of carbonyl (C=O) groups is 1. The maximum atomic E-state index is 12.9. The monoisotopic (exact) mass is 349 g/mol. The van der Waals surface area contributed by atoms with Gasteiger partial charge in [-0.05, 0) is 68.8 Å². The topological polar surface area (TPSA) is 46.4 Å². The van der Waals surface area contributed by atoms with Gasteiger partial charge in [-0.3, -0.25) is 4.79 Å². The maximum absolute atomic E-state index is 12.9. The molecule has 4 nitrogen and oxygen atoms in total. The first-order valence-electron chi connectivity index (χ1n) is 8.30. The fourth-order valence-electron chi connectivity index (χ4n) is 2.91. The van der Waals surface area contributed by atoms with Crippen molar-refractivity contribution in [1.82, 2.24) is 9.99 Å². The molecule has 1 heterocycles. The minimum Gasteiger partial charge on any atom is -0.318 e. The zero-order valence-electron chi connectivity index (χ0n) is 15.0. The first-order chi connectivity index (χ1) is 12.5. The van der Waals surface area contributed by atoms with Crippen molar-refractivity contribution in [3.8, 4) is 5.69 Å². The number of nitrogens with one attached hydrogen (secondary N) is 1. The highest BCUT2D eigenvalue weighted by molar-refractivity contribution is 5.95. The van der Waals surface area contributed by atoms with Crippen LogP contribution in [-0.4, -0.2) is 16.7 Å². The van der Waals surface area contributed by atoms with Crippen LogP contribution in [0.2, 0.25) is 0 Å². The van der Waals surface area contributed by atoms with E-state index in [1.165, 1.54) is 29.8 Å². The van der Waals surface area contributed by atoms with E-state index in [4.69, 9.17) is 0 Å². The molecule has 3 aromatic rings. The molecule has 0 fully saturated rings. The van der Waals surface area contributed by atoms with Crippen LogP contribution in [0.25, 0.3) is 5.69 Å². The van der Waals surface area contributed by atoms with Gasteiger partial charge in [0.2, 0.25) is 0 Å². The molecule has 0 aliphatic carbocycles. The number of benzene rings is 2. The number of hydrogen-bond acceptors (Lipinski definition) is 2. The van der Waals surface area contributed by atoms with Crippen molar-refractivity contribution in [3.63, 3.8) is 0 Å². The van der Waals surface area contributed by atoms with E-state index in [1.54, 1.807) is 6.21 Å². The molecule has 1 amide bonds. The van der Waals surface area contributed by atoms with Crippen LogP contribution in [0.5, 0.6) is 0 Å². The second-order valence-corrected chi connectivity index (χ2v) is 6.21. The first-order valence-corrected chi connectivity index (χ1v) is 8.30. The Balaban J connectivity index is 1.78. The van der Waals surface area contributed by atoms with Crippen LogP contribution in [-0.2, 0) is 0 Å². The molecule has 5 heteroatoms. The van der Waals surface area contributed by atoms with Gasteiger partial charge in [-0.1, -0.05) is 12.1 Å². The van der Waals surface area contributed by atoms with Gasteiger partial charge in [-0.2, -0.15) is 5.10 Å². The third-order valence-electron chi connectivity index (χ3n) is 4.21. The summed E-state index contributed by atoms with van der Waals surface area (Å²) in [4.78, 5) is 12.0.